The van der Waals surface area contributed by atoms with E-state index in [0.29, 0.717) is 24.7 Å². The Bertz CT molecular complexity index is 702. The summed E-state index contributed by atoms with van der Waals surface area (Å²) in [5.41, 5.74) is 1.15. The molecule has 0 heterocycles. The second-order valence-corrected chi connectivity index (χ2v) is 5.85. The van der Waals surface area contributed by atoms with Gasteiger partial charge in [-0.2, -0.15) is 0 Å². The molecule has 26 heavy (non-hydrogen) atoms. The third-order valence-corrected chi connectivity index (χ3v) is 3.94. The molecule has 0 aliphatic carbocycles. The molecule has 0 bridgehead atoms. The highest BCUT2D eigenvalue weighted by atomic mass is 16.5. The Morgan fingerprint density at radius 2 is 1.69 bits per heavy atom. The van der Waals surface area contributed by atoms with Gasteiger partial charge in [-0.15, -0.1) is 0 Å². The molecule has 5 nitrogen and oxygen atoms in total. The molecule has 0 unspecified atom stereocenters. The number of hydrogen-bond donors (Lipinski definition) is 1. The average molecular weight is 357 g/mol. The van der Waals surface area contributed by atoms with Crippen molar-refractivity contribution in [3.63, 3.8) is 0 Å². The highest BCUT2D eigenvalue weighted by Gasteiger charge is 2.16. The van der Waals surface area contributed by atoms with Crippen molar-refractivity contribution in [1.29, 1.82) is 0 Å². The standard InChI is InChI=1S/C21H27NO4/c1-4-25-18-12-6-5-10-17(18)11-9-15-22-21(23)16(2)26-20-14-8-7-13-19(20)24-3/h5-8,10,12-14,16H,4,9,11,15H2,1-3H3,(H,22,23)/t16-/m1/s1. The van der Waals surface area contributed by atoms with Crippen LogP contribution in [0.4, 0.5) is 0 Å². The summed E-state index contributed by atoms with van der Waals surface area (Å²) in [4.78, 5) is 12.2. The highest BCUT2D eigenvalue weighted by Crippen LogP contribution is 2.26. The molecule has 0 aliphatic heterocycles. The molecular weight excluding hydrogens is 330 g/mol. The van der Waals surface area contributed by atoms with Crippen LogP contribution in [0.5, 0.6) is 17.2 Å². The van der Waals surface area contributed by atoms with Crippen LogP contribution in [-0.4, -0.2) is 32.3 Å². The smallest absolute Gasteiger partial charge is 0.260 e. The van der Waals surface area contributed by atoms with Gasteiger partial charge in [-0.05, 0) is 50.5 Å². The number of aryl methyl sites for hydroxylation is 1. The van der Waals surface area contributed by atoms with Crippen molar-refractivity contribution in [3.05, 3.63) is 54.1 Å². The van der Waals surface area contributed by atoms with Gasteiger partial charge < -0.3 is 19.5 Å². The Hall–Kier alpha value is -2.69. The van der Waals surface area contributed by atoms with Gasteiger partial charge in [0.2, 0.25) is 0 Å². The van der Waals surface area contributed by atoms with Crippen LogP contribution in [0.25, 0.3) is 0 Å². The first-order chi connectivity index (χ1) is 12.7. The molecule has 0 aromatic heterocycles. The molecule has 1 amide bonds. The predicted octanol–water partition coefficient (Wildman–Crippen LogP) is 3.61. The minimum absolute atomic E-state index is 0.144. The summed E-state index contributed by atoms with van der Waals surface area (Å²) < 4.78 is 16.6. The van der Waals surface area contributed by atoms with E-state index in [1.165, 1.54) is 0 Å². The lowest BCUT2D eigenvalue weighted by atomic mass is 10.1. The first kappa shape index (κ1) is 19.6. The maximum absolute atomic E-state index is 12.2. The molecule has 1 N–H and O–H groups in total. The first-order valence-corrected chi connectivity index (χ1v) is 8.93. The fourth-order valence-corrected chi connectivity index (χ4v) is 2.60. The van der Waals surface area contributed by atoms with Gasteiger partial charge in [0.1, 0.15) is 5.75 Å². The number of ether oxygens (including phenoxy) is 3. The van der Waals surface area contributed by atoms with Crippen molar-refractivity contribution >= 4 is 5.91 Å². The van der Waals surface area contributed by atoms with Crippen LogP contribution in [0.1, 0.15) is 25.8 Å². The fraction of sp³-hybridized carbons (Fsp3) is 0.381. The molecule has 5 heteroatoms. The molecule has 0 saturated carbocycles. The van der Waals surface area contributed by atoms with Gasteiger partial charge in [-0.25, -0.2) is 0 Å². The van der Waals surface area contributed by atoms with Gasteiger partial charge in [-0.3, -0.25) is 4.79 Å². The van der Waals surface area contributed by atoms with E-state index in [9.17, 15) is 4.79 Å². The van der Waals surface area contributed by atoms with Crippen LogP contribution in [0.15, 0.2) is 48.5 Å². The third kappa shape index (κ3) is 5.69. The van der Waals surface area contributed by atoms with Crippen LogP contribution in [-0.2, 0) is 11.2 Å². The van der Waals surface area contributed by atoms with Gasteiger partial charge in [0.25, 0.3) is 5.91 Å². The van der Waals surface area contributed by atoms with E-state index in [1.807, 2.05) is 37.3 Å². The van der Waals surface area contributed by atoms with Crippen molar-refractivity contribution < 1.29 is 19.0 Å². The van der Waals surface area contributed by atoms with Gasteiger partial charge >= 0.3 is 0 Å². The van der Waals surface area contributed by atoms with Crippen molar-refractivity contribution in [3.8, 4) is 17.2 Å². The van der Waals surface area contributed by atoms with Crippen LogP contribution in [0.2, 0.25) is 0 Å². The van der Waals surface area contributed by atoms with E-state index in [-0.39, 0.29) is 5.91 Å². The van der Waals surface area contributed by atoms with Gasteiger partial charge in [0.15, 0.2) is 17.6 Å². The monoisotopic (exact) mass is 357 g/mol. The molecule has 2 aromatic carbocycles. The molecule has 2 aromatic rings. The summed E-state index contributed by atoms with van der Waals surface area (Å²) in [6, 6.07) is 15.3. The van der Waals surface area contributed by atoms with Crippen LogP contribution >= 0.6 is 0 Å². The maximum atomic E-state index is 12.2. The SMILES string of the molecule is CCOc1ccccc1CCCNC(=O)[C@@H](C)Oc1ccccc1OC. The van der Waals surface area contributed by atoms with Crippen molar-refractivity contribution in [2.45, 2.75) is 32.8 Å². The number of carbonyl (C=O) groups excluding carboxylic acids is 1. The van der Waals surface area contributed by atoms with E-state index in [4.69, 9.17) is 14.2 Å². The van der Waals surface area contributed by atoms with E-state index < -0.39 is 6.10 Å². The summed E-state index contributed by atoms with van der Waals surface area (Å²) in [5.74, 6) is 1.94. The Morgan fingerprint density at radius 1 is 1.04 bits per heavy atom. The fourth-order valence-electron chi connectivity index (χ4n) is 2.60. The topological polar surface area (TPSA) is 56.8 Å². The summed E-state index contributed by atoms with van der Waals surface area (Å²) in [5, 5.41) is 2.92. The highest BCUT2D eigenvalue weighted by molar-refractivity contribution is 5.80. The number of nitrogens with one attached hydrogen (secondary N) is 1. The molecule has 0 radical (unpaired) electrons. The number of methoxy groups -OCH3 is 1. The molecule has 0 aliphatic rings. The quantitative estimate of drug-likeness (QED) is 0.660. The number of amides is 1. The molecule has 2 rings (SSSR count). The number of hydrogen-bond acceptors (Lipinski definition) is 4. The zero-order valence-corrected chi connectivity index (χ0v) is 15.7. The van der Waals surface area contributed by atoms with Crippen molar-refractivity contribution in [2.24, 2.45) is 0 Å². The van der Waals surface area contributed by atoms with Gasteiger partial charge in [-0.1, -0.05) is 30.3 Å². The van der Waals surface area contributed by atoms with Gasteiger partial charge in [0, 0.05) is 6.54 Å². The summed E-state index contributed by atoms with van der Waals surface area (Å²) in [6.45, 7) is 4.93. The largest absolute Gasteiger partial charge is 0.494 e. The molecule has 140 valence electrons. The Kier molecular flexibility index (Phi) is 7.80. The second-order valence-electron chi connectivity index (χ2n) is 5.85. The zero-order valence-electron chi connectivity index (χ0n) is 15.7. The number of para-hydroxylation sites is 3. The predicted molar refractivity (Wildman–Crippen MR) is 102 cm³/mol. The third-order valence-electron chi connectivity index (χ3n) is 3.94. The van der Waals surface area contributed by atoms with E-state index in [0.717, 1.165) is 24.2 Å². The first-order valence-electron chi connectivity index (χ1n) is 8.93. The lowest BCUT2D eigenvalue weighted by Gasteiger charge is -2.16. The maximum Gasteiger partial charge on any atom is 0.260 e. The lowest BCUT2D eigenvalue weighted by molar-refractivity contribution is -0.127. The van der Waals surface area contributed by atoms with Crippen LogP contribution in [0.3, 0.4) is 0 Å². The number of rotatable bonds is 10. The molecule has 1 atom stereocenters. The molecule has 0 saturated heterocycles. The lowest BCUT2D eigenvalue weighted by Crippen LogP contribution is -2.37. The molecular formula is C21H27NO4. The number of carbonyl (C=O) groups is 1. The summed E-state index contributed by atoms with van der Waals surface area (Å²) in [6.07, 6.45) is 1.08. The van der Waals surface area contributed by atoms with E-state index >= 15 is 0 Å². The molecule has 0 spiro atoms. The minimum Gasteiger partial charge on any atom is -0.494 e. The van der Waals surface area contributed by atoms with Crippen LogP contribution in [0, 0.1) is 0 Å². The number of benzene rings is 2. The van der Waals surface area contributed by atoms with E-state index in [2.05, 4.69) is 11.4 Å². The second kappa shape index (κ2) is 10.3. The average Bonchev–Trinajstić information content (AvgIpc) is 2.66. The van der Waals surface area contributed by atoms with Crippen molar-refractivity contribution in [2.75, 3.05) is 20.3 Å². The zero-order chi connectivity index (χ0) is 18.8. The van der Waals surface area contributed by atoms with Gasteiger partial charge in [0.05, 0.1) is 13.7 Å². The normalized spacial score (nSPS) is 11.5. The summed E-state index contributed by atoms with van der Waals surface area (Å²) in [7, 11) is 1.58. The molecule has 0 fully saturated rings. The Morgan fingerprint density at radius 3 is 2.38 bits per heavy atom. The minimum atomic E-state index is -0.595. The van der Waals surface area contributed by atoms with Crippen LogP contribution < -0.4 is 19.5 Å². The summed E-state index contributed by atoms with van der Waals surface area (Å²) >= 11 is 0. The van der Waals surface area contributed by atoms with Crippen molar-refractivity contribution in [1.82, 2.24) is 5.32 Å². The Balaban J connectivity index is 1.78. The van der Waals surface area contributed by atoms with E-state index in [1.54, 1.807) is 26.2 Å². The Labute approximate surface area is 155 Å².